The lowest BCUT2D eigenvalue weighted by Crippen LogP contribution is -2.52. The van der Waals surface area contributed by atoms with E-state index in [1.165, 1.54) is 20.4 Å². The molecule has 49 heavy (non-hydrogen) atoms. The molecule has 1 fully saturated rings. The van der Waals surface area contributed by atoms with Gasteiger partial charge in [-0.1, -0.05) is 13.8 Å². The Balaban J connectivity index is 1.17. The smallest absolute Gasteiger partial charge is 0.280 e. The Bertz CT molecular complexity index is 2130. The molecule has 2 N–H and O–H groups in total. The van der Waals surface area contributed by atoms with Crippen LogP contribution in [0.1, 0.15) is 37.6 Å². The van der Waals surface area contributed by atoms with Gasteiger partial charge in [-0.15, -0.1) is 0 Å². The number of ether oxygens (including phenoxy) is 1. The molecule has 12 nitrogen and oxygen atoms in total. The van der Waals surface area contributed by atoms with Crippen molar-refractivity contribution in [3.8, 4) is 16.9 Å². The zero-order valence-electron chi connectivity index (χ0n) is 28.8. The van der Waals surface area contributed by atoms with E-state index in [0.717, 1.165) is 51.3 Å². The van der Waals surface area contributed by atoms with E-state index in [4.69, 9.17) is 4.74 Å². The highest BCUT2D eigenvalue weighted by Crippen LogP contribution is 2.37. The van der Waals surface area contributed by atoms with Crippen molar-refractivity contribution in [3.63, 3.8) is 0 Å². The van der Waals surface area contributed by atoms with Gasteiger partial charge in [0, 0.05) is 88.0 Å². The van der Waals surface area contributed by atoms with Crippen molar-refractivity contribution < 1.29 is 9.84 Å². The van der Waals surface area contributed by atoms with Crippen LogP contribution in [0.15, 0.2) is 70.9 Å². The van der Waals surface area contributed by atoms with Crippen LogP contribution in [0.25, 0.3) is 22.5 Å². The zero-order chi connectivity index (χ0) is 34.4. The number of nitrogens with zero attached hydrogens (tertiary/aromatic N) is 7. The molecular weight excluding hydrogens is 620 g/mol. The molecule has 0 bridgehead atoms. The Morgan fingerprint density at radius 2 is 1.90 bits per heavy atom. The van der Waals surface area contributed by atoms with Gasteiger partial charge in [0.1, 0.15) is 22.8 Å². The number of methoxy groups -OCH3 is 1. The lowest BCUT2D eigenvalue weighted by Gasteiger charge is -2.41. The summed E-state index contributed by atoms with van der Waals surface area (Å²) in [6, 6.07) is 9.77. The molecule has 0 unspecified atom stereocenters. The number of pyridine rings is 3. The van der Waals surface area contributed by atoms with Gasteiger partial charge in [-0.2, -0.15) is 0 Å². The second-order valence-electron chi connectivity index (χ2n) is 14.1. The molecule has 1 saturated heterocycles. The lowest BCUT2D eigenvalue weighted by molar-refractivity contribution is 0.136. The highest BCUT2D eigenvalue weighted by atomic mass is 16.5. The highest BCUT2D eigenvalue weighted by Gasteiger charge is 2.32. The molecule has 0 aromatic carbocycles. The predicted molar refractivity (Wildman–Crippen MR) is 191 cm³/mol. The molecule has 12 heteroatoms. The maximum absolute atomic E-state index is 13.8. The minimum absolute atomic E-state index is 0.169. The highest BCUT2D eigenvalue weighted by molar-refractivity contribution is 5.73. The number of aliphatic hydroxyl groups excluding tert-OH is 1. The molecule has 5 aromatic rings. The van der Waals surface area contributed by atoms with Gasteiger partial charge in [-0.05, 0) is 66.6 Å². The van der Waals surface area contributed by atoms with E-state index >= 15 is 0 Å². The number of aryl methyl sites for hydroxylation is 1. The maximum Gasteiger partial charge on any atom is 0.280 e. The average Bonchev–Trinajstić information content (AvgIpc) is 3.58. The van der Waals surface area contributed by atoms with Crippen LogP contribution in [0.4, 0.5) is 17.2 Å². The van der Waals surface area contributed by atoms with E-state index in [9.17, 15) is 14.7 Å². The van der Waals surface area contributed by atoms with E-state index in [2.05, 4.69) is 45.9 Å². The lowest BCUT2D eigenvalue weighted by atomic mass is 9.90. The fourth-order valence-electron chi connectivity index (χ4n) is 7.50. The molecule has 7 rings (SSSR count). The van der Waals surface area contributed by atoms with Crippen molar-refractivity contribution >= 4 is 22.7 Å². The Morgan fingerprint density at radius 1 is 1.06 bits per heavy atom. The van der Waals surface area contributed by atoms with Crippen LogP contribution >= 0.6 is 0 Å². The molecule has 0 saturated carbocycles. The first-order valence-electron chi connectivity index (χ1n) is 16.8. The minimum atomic E-state index is -0.352. The molecule has 1 atom stereocenters. The number of hydrogen-bond acceptors (Lipinski definition) is 9. The Labute approximate surface area is 285 Å². The van der Waals surface area contributed by atoms with Gasteiger partial charge < -0.3 is 29.0 Å². The van der Waals surface area contributed by atoms with Crippen LogP contribution in [0.2, 0.25) is 0 Å². The van der Waals surface area contributed by atoms with E-state index in [0.29, 0.717) is 45.6 Å². The van der Waals surface area contributed by atoms with Gasteiger partial charge in [-0.25, -0.2) is 9.97 Å². The van der Waals surface area contributed by atoms with Crippen molar-refractivity contribution in [2.75, 3.05) is 50.1 Å². The third kappa shape index (κ3) is 6.16. The topological polar surface area (TPSA) is 122 Å². The Morgan fingerprint density at radius 3 is 2.63 bits per heavy atom. The van der Waals surface area contributed by atoms with Crippen LogP contribution in [0.5, 0.6) is 0 Å². The quantitative estimate of drug-likeness (QED) is 0.243. The molecule has 6 heterocycles. The zero-order valence-corrected chi connectivity index (χ0v) is 28.8. The second kappa shape index (κ2) is 12.9. The SMILES string of the molecule is COCCN1CCN(c2ccc(Nc3cc(-c4ccnc(-n5ccn6c7c(cc6c5=O)CC(C)(C)C7)c4CO)cn(C)c3=O)nc2)[C@@H](C)C1. The Kier molecular flexibility index (Phi) is 8.64. The molecular formula is C37H44N8O4. The number of anilines is 3. The van der Waals surface area contributed by atoms with Crippen LogP contribution in [-0.4, -0.2) is 79.4 Å². The first-order chi connectivity index (χ1) is 23.6. The van der Waals surface area contributed by atoms with Crippen molar-refractivity contribution in [2.45, 2.75) is 46.3 Å². The van der Waals surface area contributed by atoms with E-state index in [-0.39, 0.29) is 23.1 Å². The molecule has 0 spiro atoms. The summed E-state index contributed by atoms with van der Waals surface area (Å²) < 4.78 is 10.2. The van der Waals surface area contributed by atoms with E-state index in [1.807, 2.05) is 35.0 Å². The van der Waals surface area contributed by atoms with E-state index < -0.39 is 0 Å². The van der Waals surface area contributed by atoms with Crippen molar-refractivity contribution in [1.29, 1.82) is 0 Å². The minimum Gasteiger partial charge on any atom is -0.392 e. The third-order valence-corrected chi connectivity index (χ3v) is 9.93. The summed E-state index contributed by atoms with van der Waals surface area (Å²) in [5.41, 5.74) is 5.92. The molecule has 2 aliphatic rings. The van der Waals surface area contributed by atoms with Crippen molar-refractivity contribution in [2.24, 2.45) is 12.5 Å². The third-order valence-electron chi connectivity index (χ3n) is 9.93. The average molecular weight is 665 g/mol. The molecule has 0 radical (unpaired) electrons. The second-order valence-corrected chi connectivity index (χ2v) is 14.1. The van der Waals surface area contributed by atoms with Gasteiger partial charge in [0.25, 0.3) is 11.1 Å². The Hall–Kier alpha value is -4.78. The first kappa shape index (κ1) is 32.8. The van der Waals surface area contributed by atoms with Gasteiger partial charge >= 0.3 is 0 Å². The summed E-state index contributed by atoms with van der Waals surface area (Å²) in [6.07, 6.45) is 10.6. The number of aliphatic hydroxyl groups is 1. The number of rotatable bonds is 9. The molecule has 256 valence electrons. The molecule has 0 amide bonds. The summed E-state index contributed by atoms with van der Waals surface area (Å²) in [5.74, 6) is 0.896. The van der Waals surface area contributed by atoms with Crippen LogP contribution in [0.3, 0.4) is 0 Å². The van der Waals surface area contributed by atoms with Gasteiger partial charge in [0.15, 0.2) is 0 Å². The summed E-state index contributed by atoms with van der Waals surface area (Å²) in [5, 5.41) is 13.9. The summed E-state index contributed by atoms with van der Waals surface area (Å²) in [7, 11) is 3.42. The number of nitrogens with one attached hydrogen (secondary N) is 1. The van der Waals surface area contributed by atoms with Gasteiger partial charge in [0.05, 0.1) is 25.1 Å². The van der Waals surface area contributed by atoms with Gasteiger partial charge in [-0.3, -0.25) is 19.1 Å². The maximum atomic E-state index is 13.8. The normalized spacial score (nSPS) is 17.5. The standard InChI is InChI=1S/C37H44N8O4/c1-24-21-42(14-15-49-5)10-11-43(24)27-6-7-33(39-20-27)40-30-16-26(22-41(4)35(30)47)28-8-9-38-34(29(28)23-46)45-13-12-44-31(36(45)48)17-25-18-37(2,3)19-32(25)44/h6-9,12-13,16-17,20,22,24,46H,10-11,14-15,18-19,21,23H2,1-5H3,(H,39,40)/t24-/m0/s1. The van der Waals surface area contributed by atoms with Crippen LogP contribution < -0.4 is 21.3 Å². The largest absolute Gasteiger partial charge is 0.392 e. The number of aromatic nitrogens is 5. The van der Waals surface area contributed by atoms with Crippen LogP contribution in [-0.2, 0) is 31.2 Å². The monoisotopic (exact) mass is 664 g/mol. The fraction of sp³-hybridized carbons (Fsp3) is 0.405. The molecule has 1 aliphatic heterocycles. The summed E-state index contributed by atoms with van der Waals surface area (Å²) in [6.45, 7) is 10.8. The van der Waals surface area contributed by atoms with Crippen molar-refractivity contribution in [3.05, 3.63) is 98.8 Å². The predicted octanol–water partition coefficient (Wildman–Crippen LogP) is 3.76. The number of hydrogen-bond donors (Lipinski definition) is 2. The molecule has 1 aliphatic carbocycles. The summed E-state index contributed by atoms with van der Waals surface area (Å²) >= 11 is 0. The van der Waals surface area contributed by atoms with E-state index in [1.54, 1.807) is 44.9 Å². The number of fused-ring (bicyclic) bond motifs is 3. The van der Waals surface area contributed by atoms with Crippen LogP contribution in [0, 0.1) is 5.41 Å². The van der Waals surface area contributed by atoms with Gasteiger partial charge in [0.2, 0.25) is 0 Å². The fourth-order valence-corrected chi connectivity index (χ4v) is 7.50. The van der Waals surface area contributed by atoms with Crippen molar-refractivity contribution in [1.82, 2.24) is 28.4 Å². The summed E-state index contributed by atoms with van der Waals surface area (Å²) in [4.78, 5) is 41.0. The molecule has 5 aromatic heterocycles. The number of piperazine rings is 1. The first-order valence-corrected chi connectivity index (χ1v) is 16.8.